The molecule has 2 aromatic rings. The molecule has 1 N–H and O–H groups in total. The predicted molar refractivity (Wildman–Crippen MR) is 83.2 cm³/mol. The van der Waals surface area contributed by atoms with Crippen LogP contribution in [0, 0.1) is 6.92 Å². The van der Waals surface area contributed by atoms with E-state index in [1.54, 1.807) is 12.1 Å². The Labute approximate surface area is 138 Å². The van der Waals surface area contributed by atoms with E-state index in [9.17, 15) is 13.2 Å². The first-order valence-corrected chi connectivity index (χ1v) is 7.44. The van der Waals surface area contributed by atoms with Gasteiger partial charge in [-0.15, -0.1) is 0 Å². The van der Waals surface area contributed by atoms with Crippen molar-refractivity contribution in [3.05, 3.63) is 47.4 Å². The summed E-state index contributed by atoms with van der Waals surface area (Å²) in [6, 6.07) is 8.62. The summed E-state index contributed by atoms with van der Waals surface area (Å²) in [4.78, 5) is 0. The number of benzene rings is 1. The van der Waals surface area contributed by atoms with Crippen LogP contribution in [0.5, 0.6) is 11.5 Å². The van der Waals surface area contributed by atoms with Crippen molar-refractivity contribution in [1.29, 1.82) is 0 Å². The minimum absolute atomic E-state index is 0.00542. The predicted octanol–water partition coefficient (Wildman–Crippen LogP) is 4.39. The topological polar surface area (TPSA) is 43.6 Å². The number of alkyl halides is 3. The third-order valence-corrected chi connectivity index (χ3v) is 3.42. The van der Waals surface area contributed by atoms with Gasteiger partial charge in [0.2, 0.25) is 0 Å². The molecule has 2 rings (SSSR count). The third-order valence-electron chi connectivity index (χ3n) is 3.42. The highest BCUT2D eigenvalue weighted by molar-refractivity contribution is 5.43. The van der Waals surface area contributed by atoms with E-state index < -0.39 is 12.8 Å². The Morgan fingerprint density at radius 3 is 2.50 bits per heavy atom. The molecule has 0 saturated carbocycles. The zero-order valence-electron chi connectivity index (χ0n) is 13.7. The van der Waals surface area contributed by atoms with Crippen LogP contribution < -0.4 is 14.8 Å². The van der Waals surface area contributed by atoms with Gasteiger partial charge in [-0.2, -0.15) is 13.2 Å². The molecule has 1 aromatic heterocycles. The molecule has 0 aliphatic carbocycles. The minimum Gasteiger partial charge on any atom is -0.493 e. The Morgan fingerprint density at radius 2 is 1.92 bits per heavy atom. The van der Waals surface area contributed by atoms with Crippen molar-refractivity contribution < 1.29 is 27.1 Å². The fourth-order valence-electron chi connectivity index (χ4n) is 2.16. The van der Waals surface area contributed by atoms with Gasteiger partial charge < -0.3 is 19.2 Å². The summed E-state index contributed by atoms with van der Waals surface area (Å²) in [5.74, 6) is 1.99. The molecule has 1 atom stereocenters. The molecule has 1 aromatic carbocycles. The van der Waals surface area contributed by atoms with E-state index in [0.717, 1.165) is 17.1 Å². The van der Waals surface area contributed by atoms with Crippen LogP contribution in [-0.2, 0) is 6.54 Å². The molecule has 24 heavy (non-hydrogen) atoms. The van der Waals surface area contributed by atoms with Crippen molar-refractivity contribution in [2.24, 2.45) is 0 Å². The SMILES string of the molecule is COc1cc(CNC(C)c2ccc(C)o2)ccc1OCC(F)(F)F. The number of hydrogen-bond acceptors (Lipinski definition) is 4. The van der Waals surface area contributed by atoms with Gasteiger partial charge in [0.05, 0.1) is 13.2 Å². The van der Waals surface area contributed by atoms with E-state index in [-0.39, 0.29) is 17.5 Å². The molecule has 0 bridgehead atoms. The number of hydrogen-bond donors (Lipinski definition) is 1. The van der Waals surface area contributed by atoms with Crippen LogP contribution in [0.3, 0.4) is 0 Å². The van der Waals surface area contributed by atoms with Crippen LogP contribution in [-0.4, -0.2) is 19.9 Å². The second-order valence-corrected chi connectivity index (χ2v) is 5.44. The summed E-state index contributed by atoms with van der Waals surface area (Å²) in [7, 11) is 1.39. The molecule has 0 aliphatic rings. The van der Waals surface area contributed by atoms with Gasteiger partial charge in [0.15, 0.2) is 18.1 Å². The van der Waals surface area contributed by atoms with Gasteiger partial charge in [0.1, 0.15) is 11.5 Å². The van der Waals surface area contributed by atoms with Gasteiger partial charge in [-0.1, -0.05) is 6.07 Å². The van der Waals surface area contributed by atoms with Crippen molar-refractivity contribution in [3.63, 3.8) is 0 Å². The largest absolute Gasteiger partial charge is 0.493 e. The lowest BCUT2D eigenvalue weighted by Gasteiger charge is -2.15. The van der Waals surface area contributed by atoms with Gasteiger partial charge in [0, 0.05) is 6.54 Å². The molecule has 4 nitrogen and oxygen atoms in total. The smallest absolute Gasteiger partial charge is 0.422 e. The van der Waals surface area contributed by atoms with Gasteiger partial charge in [-0.3, -0.25) is 0 Å². The average Bonchev–Trinajstić information content (AvgIpc) is 2.96. The monoisotopic (exact) mass is 343 g/mol. The molecule has 1 heterocycles. The van der Waals surface area contributed by atoms with Crippen molar-refractivity contribution in [1.82, 2.24) is 5.32 Å². The van der Waals surface area contributed by atoms with Crippen LogP contribution in [0.4, 0.5) is 13.2 Å². The van der Waals surface area contributed by atoms with Crippen LogP contribution >= 0.6 is 0 Å². The van der Waals surface area contributed by atoms with E-state index in [1.165, 1.54) is 13.2 Å². The van der Waals surface area contributed by atoms with E-state index in [2.05, 4.69) is 5.32 Å². The van der Waals surface area contributed by atoms with Crippen LogP contribution in [0.25, 0.3) is 0 Å². The lowest BCUT2D eigenvalue weighted by atomic mass is 10.1. The van der Waals surface area contributed by atoms with Gasteiger partial charge in [-0.25, -0.2) is 0 Å². The average molecular weight is 343 g/mol. The Morgan fingerprint density at radius 1 is 1.17 bits per heavy atom. The zero-order valence-corrected chi connectivity index (χ0v) is 13.7. The van der Waals surface area contributed by atoms with Crippen LogP contribution in [0.2, 0.25) is 0 Å². The van der Waals surface area contributed by atoms with Crippen molar-refractivity contribution in [2.45, 2.75) is 32.6 Å². The maximum absolute atomic E-state index is 12.2. The molecule has 7 heteroatoms. The zero-order chi connectivity index (χ0) is 17.7. The third kappa shape index (κ3) is 5.19. The number of ether oxygens (including phenoxy) is 2. The van der Waals surface area contributed by atoms with E-state index in [4.69, 9.17) is 13.9 Å². The number of furan rings is 1. The summed E-state index contributed by atoms with van der Waals surface area (Å²) in [6.07, 6.45) is -4.39. The fourth-order valence-corrected chi connectivity index (χ4v) is 2.16. The van der Waals surface area contributed by atoms with E-state index >= 15 is 0 Å². The van der Waals surface area contributed by atoms with Crippen molar-refractivity contribution in [2.75, 3.05) is 13.7 Å². The molecular weight excluding hydrogens is 323 g/mol. The number of nitrogens with one attached hydrogen (secondary N) is 1. The second-order valence-electron chi connectivity index (χ2n) is 5.44. The summed E-state index contributed by atoms with van der Waals surface area (Å²) < 4.78 is 52.1. The maximum Gasteiger partial charge on any atom is 0.422 e. The minimum atomic E-state index is -4.39. The highest BCUT2D eigenvalue weighted by atomic mass is 19.4. The summed E-state index contributed by atoms with van der Waals surface area (Å²) in [6.45, 7) is 3.00. The fraction of sp³-hybridized carbons (Fsp3) is 0.412. The summed E-state index contributed by atoms with van der Waals surface area (Å²) in [5, 5.41) is 3.29. The number of aryl methyl sites for hydroxylation is 1. The quantitative estimate of drug-likeness (QED) is 0.810. The highest BCUT2D eigenvalue weighted by Gasteiger charge is 2.29. The Hall–Kier alpha value is -2.15. The Balaban J connectivity index is 1.98. The standard InChI is InChI=1S/C17H20F3NO3/c1-11-4-6-14(24-11)12(2)21-9-13-5-7-15(16(8-13)22-3)23-10-17(18,19)20/h4-8,12,21H,9-10H2,1-3H3. The van der Waals surface area contributed by atoms with Crippen molar-refractivity contribution in [3.8, 4) is 11.5 Å². The molecule has 0 spiro atoms. The summed E-state index contributed by atoms with van der Waals surface area (Å²) in [5.41, 5.74) is 0.862. The molecule has 1 unspecified atom stereocenters. The lowest BCUT2D eigenvalue weighted by Crippen LogP contribution is -2.20. The number of methoxy groups -OCH3 is 1. The Kier molecular flexibility index (Phi) is 5.77. The molecule has 0 aliphatic heterocycles. The van der Waals surface area contributed by atoms with Gasteiger partial charge in [0.25, 0.3) is 0 Å². The first-order chi connectivity index (χ1) is 11.3. The van der Waals surface area contributed by atoms with Gasteiger partial charge >= 0.3 is 6.18 Å². The maximum atomic E-state index is 12.2. The molecule has 0 saturated heterocycles. The number of rotatable bonds is 7. The van der Waals surface area contributed by atoms with Crippen LogP contribution in [0.15, 0.2) is 34.7 Å². The van der Waals surface area contributed by atoms with Gasteiger partial charge in [-0.05, 0) is 43.7 Å². The molecule has 0 fully saturated rings. The molecule has 0 amide bonds. The van der Waals surface area contributed by atoms with Crippen LogP contribution in [0.1, 0.15) is 30.0 Å². The van der Waals surface area contributed by atoms with E-state index in [0.29, 0.717) is 6.54 Å². The van der Waals surface area contributed by atoms with E-state index in [1.807, 2.05) is 26.0 Å². The molecular formula is C17H20F3NO3. The summed E-state index contributed by atoms with van der Waals surface area (Å²) >= 11 is 0. The van der Waals surface area contributed by atoms with Crippen molar-refractivity contribution >= 4 is 0 Å². The molecule has 132 valence electrons. The lowest BCUT2D eigenvalue weighted by molar-refractivity contribution is -0.153. The molecule has 0 radical (unpaired) electrons. The first-order valence-electron chi connectivity index (χ1n) is 7.44. The Bertz CT molecular complexity index is 667. The highest BCUT2D eigenvalue weighted by Crippen LogP contribution is 2.30. The number of halogens is 3. The second kappa shape index (κ2) is 7.61. The first kappa shape index (κ1) is 18.2. The normalized spacial score (nSPS) is 12.9.